The van der Waals surface area contributed by atoms with Crippen LogP contribution < -0.4 is 10.5 Å². The lowest BCUT2D eigenvalue weighted by Crippen LogP contribution is -2.15. The van der Waals surface area contributed by atoms with Gasteiger partial charge in [-0.25, -0.2) is 12.8 Å². The molecule has 0 unspecified atom stereocenters. The largest absolute Gasteiger partial charge is 0.398 e. The smallest absolute Gasteiger partial charge is 0.265 e. The minimum Gasteiger partial charge on any atom is -0.398 e. The van der Waals surface area contributed by atoms with Gasteiger partial charge in [0.05, 0.1) is 26.4 Å². The van der Waals surface area contributed by atoms with Gasteiger partial charge < -0.3 is 5.73 Å². The van der Waals surface area contributed by atoms with E-state index in [2.05, 4.69) is 4.72 Å². The quantitative estimate of drug-likeness (QED) is 0.630. The van der Waals surface area contributed by atoms with Crippen molar-refractivity contribution in [3.8, 4) is 0 Å². The Bertz CT molecular complexity index is 769. The molecule has 0 bridgehead atoms. The van der Waals surface area contributed by atoms with E-state index in [4.69, 9.17) is 40.5 Å². The predicted molar refractivity (Wildman–Crippen MR) is 83.1 cm³/mol. The molecule has 0 saturated heterocycles. The van der Waals surface area contributed by atoms with Crippen LogP contribution in [0, 0.1) is 5.82 Å². The molecule has 0 spiro atoms. The van der Waals surface area contributed by atoms with Crippen molar-refractivity contribution in [2.75, 3.05) is 10.5 Å². The number of benzene rings is 2. The average Bonchev–Trinajstić information content (AvgIpc) is 2.34. The van der Waals surface area contributed by atoms with Crippen LogP contribution in [0.1, 0.15) is 0 Å². The van der Waals surface area contributed by atoms with Crippen molar-refractivity contribution >= 4 is 56.2 Å². The number of halogens is 4. The molecule has 0 fully saturated rings. The van der Waals surface area contributed by atoms with Gasteiger partial charge in [0.25, 0.3) is 10.0 Å². The van der Waals surface area contributed by atoms with Crippen LogP contribution in [-0.2, 0) is 10.0 Å². The fourth-order valence-corrected chi connectivity index (χ4v) is 3.84. The van der Waals surface area contributed by atoms with Crippen molar-refractivity contribution < 1.29 is 12.8 Å². The summed E-state index contributed by atoms with van der Waals surface area (Å²) >= 11 is 17.1. The van der Waals surface area contributed by atoms with Gasteiger partial charge in [-0.2, -0.15) is 0 Å². The Kier molecular flexibility index (Phi) is 4.53. The molecule has 2 aromatic rings. The molecule has 0 heterocycles. The molecule has 0 radical (unpaired) electrons. The maximum Gasteiger partial charge on any atom is 0.265 e. The van der Waals surface area contributed by atoms with Crippen LogP contribution in [0.5, 0.6) is 0 Å². The molecule has 2 aromatic carbocycles. The molecule has 2 rings (SSSR count). The van der Waals surface area contributed by atoms with E-state index in [1.807, 2.05) is 0 Å². The number of nitrogen functional groups attached to an aromatic ring is 1. The van der Waals surface area contributed by atoms with E-state index in [1.54, 1.807) is 0 Å². The minimum atomic E-state index is -4.07. The van der Waals surface area contributed by atoms with Gasteiger partial charge in [0, 0.05) is 0 Å². The van der Waals surface area contributed by atoms with Crippen LogP contribution in [0.15, 0.2) is 35.2 Å². The molecular weight excluding hydrogens is 362 g/mol. The van der Waals surface area contributed by atoms with E-state index in [0.717, 1.165) is 12.1 Å². The van der Waals surface area contributed by atoms with Gasteiger partial charge in [0.2, 0.25) is 0 Å². The van der Waals surface area contributed by atoms with Crippen LogP contribution in [0.4, 0.5) is 15.8 Å². The Morgan fingerprint density at radius 2 is 1.62 bits per heavy atom. The van der Waals surface area contributed by atoms with Crippen LogP contribution in [0.3, 0.4) is 0 Å². The fraction of sp³-hybridized carbons (Fsp3) is 0. The molecule has 0 atom stereocenters. The lowest BCUT2D eigenvalue weighted by Gasteiger charge is -2.12. The summed E-state index contributed by atoms with van der Waals surface area (Å²) in [7, 11) is -4.07. The zero-order chi connectivity index (χ0) is 15.8. The van der Waals surface area contributed by atoms with Crippen molar-refractivity contribution in [3.05, 3.63) is 51.2 Å². The standard InChI is InChI=1S/C12H8Cl3FN2O2S/c13-7-2-1-3-10(17)12(7)21(19,20)18-6-4-8(14)11(16)9(15)5-6/h1-5,18H,17H2. The van der Waals surface area contributed by atoms with Gasteiger partial charge >= 0.3 is 0 Å². The van der Waals surface area contributed by atoms with Crippen LogP contribution in [0.2, 0.25) is 15.1 Å². The number of nitrogens with one attached hydrogen (secondary N) is 1. The first-order valence-electron chi connectivity index (χ1n) is 5.43. The molecule has 112 valence electrons. The van der Waals surface area contributed by atoms with E-state index >= 15 is 0 Å². The van der Waals surface area contributed by atoms with Crippen molar-refractivity contribution in [1.29, 1.82) is 0 Å². The third-order valence-electron chi connectivity index (χ3n) is 2.50. The van der Waals surface area contributed by atoms with Crippen molar-refractivity contribution in [2.24, 2.45) is 0 Å². The molecule has 0 aromatic heterocycles. The number of rotatable bonds is 3. The molecule has 0 aliphatic rings. The Hall–Kier alpha value is -1.21. The topological polar surface area (TPSA) is 72.2 Å². The van der Waals surface area contributed by atoms with E-state index in [0.29, 0.717) is 0 Å². The summed E-state index contributed by atoms with van der Waals surface area (Å²) in [5, 5.41) is -0.665. The summed E-state index contributed by atoms with van der Waals surface area (Å²) in [5.41, 5.74) is 5.60. The van der Waals surface area contributed by atoms with E-state index < -0.39 is 15.8 Å². The van der Waals surface area contributed by atoms with E-state index in [9.17, 15) is 12.8 Å². The molecule has 3 N–H and O–H groups in total. The average molecular weight is 370 g/mol. The van der Waals surface area contributed by atoms with Crippen LogP contribution in [-0.4, -0.2) is 8.42 Å². The highest BCUT2D eigenvalue weighted by Crippen LogP contribution is 2.32. The first kappa shape index (κ1) is 16.2. The first-order valence-corrected chi connectivity index (χ1v) is 8.05. The van der Waals surface area contributed by atoms with Gasteiger partial charge in [-0.1, -0.05) is 40.9 Å². The summed E-state index contributed by atoms with van der Waals surface area (Å²) in [6.45, 7) is 0. The molecule has 0 amide bonds. The zero-order valence-corrected chi connectivity index (χ0v) is 13.3. The Morgan fingerprint density at radius 3 is 2.14 bits per heavy atom. The third kappa shape index (κ3) is 3.35. The Balaban J connectivity index is 2.48. The lowest BCUT2D eigenvalue weighted by molar-refractivity contribution is 0.601. The number of nitrogens with two attached hydrogens (primary N) is 1. The summed E-state index contributed by atoms with van der Waals surface area (Å²) in [4.78, 5) is -0.275. The second kappa shape index (κ2) is 5.88. The molecule has 0 aliphatic carbocycles. The summed E-state index contributed by atoms with van der Waals surface area (Å²) < 4.78 is 40.1. The zero-order valence-electron chi connectivity index (χ0n) is 10.2. The maximum absolute atomic E-state index is 13.3. The van der Waals surface area contributed by atoms with Crippen molar-refractivity contribution in [2.45, 2.75) is 4.90 Å². The van der Waals surface area contributed by atoms with E-state index in [1.165, 1.54) is 18.2 Å². The van der Waals surface area contributed by atoms with Gasteiger partial charge in [-0.05, 0) is 24.3 Å². The number of hydrogen-bond acceptors (Lipinski definition) is 3. The highest BCUT2D eigenvalue weighted by molar-refractivity contribution is 7.93. The van der Waals surface area contributed by atoms with Crippen molar-refractivity contribution in [3.63, 3.8) is 0 Å². The molecule has 0 aliphatic heterocycles. The normalized spacial score (nSPS) is 11.4. The van der Waals surface area contributed by atoms with Gasteiger partial charge in [0.15, 0.2) is 5.82 Å². The third-order valence-corrected chi connectivity index (χ3v) is 4.98. The molecule has 4 nitrogen and oxygen atoms in total. The number of hydrogen-bond donors (Lipinski definition) is 2. The van der Waals surface area contributed by atoms with Crippen LogP contribution in [0.25, 0.3) is 0 Å². The molecule has 0 saturated carbocycles. The highest BCUT2D eigenvalue weighted by Gasteiger charge is 2.22. The number of anilines is 2. The second-order valence-electron chi connectivity index (χ2n) is 4.02. The lowest BCUT2D eigenvalue weighted by atomic mass is 10.3. The van der Waals surface area contributed by atoms with Crippen LogP contribution >= 0.6 is 34.8 Å². The summed E-state index contributed by atoms with van der Waals surface area (Å²) in [5.74, 6) is -0.835. The SMILES string of the molecule is Nc1cccc(Cl)c1S(=O)(=O)Nc1cc(Cl)c(F)c(Cl)c1. The summed E-state index contributed by atoms with van der Waals surface area (Å²) in [6.07, 6.45) is 0. The minimum absolute atomic E-state index is 0.00859. The molecule has 21 heavy (non-hydrogen) atoms. The second-order valence-corrected chi connectivity index (χ2v) is 6.86. The van der Waals surface area contributed by atoms with Gasteiger partial charge in [-0.15, -0.1) is 0 Å². The Morgan fingerprint density at radius 1 is 1.05 bits per heavy atom. The fourth-order valence-electron chi connectivity index (χ4n) is 1.63. The summed E-state index contributed by atoms with van der Waals surface area (Å²) in [6, 6.07) is 6.48. The maximum atomic E-state index is 13.3. The number of sulfonamides is 1. The predicted octanol–water partition coefficient (Wildman–Crippen LogP) is 4.17. The Labute approximate surface area is 135 Å². The van der Waals surface area contributed by atoms with Gasteiger partial charge in [0.1, 0.15) is 4.90 Å². The highest BCUT2D eigenvalue weighted by atomic mass is 35.5. The van der Waals surface area contributed by atoms with Gasteiger partial charge in [-0.3, -0.25) is 4.72 Å². The van der Waals surface area contributed by atoms with Crippen molar-refractivity contribution in [1.82, 2.24) is 0 Å². The molecular formula is C12H8Cl3FN2O2S. The monoisotopic (exact) mass is 368 g/mol. The molecule has 9 heteroatoms. The van der Waals surface area contributed by atoms with E-state index in [-0.39, 0.29) is 31.3 Å². The first-order chi connectivity index (χ1) is 9.72.